The van der Waals surface area contributed by atoms with E-state index >= 15 is 0 Å². The van der Waals surface area contributed by atoms with Gasteiger partial charge in [0.15, 0.2) is 0 Å². The summed E-state index contributed by atoms with van der Waals surface area (Å²) in [6.07, 6.45) is 6.30. The van der Waals surface area contributed by atoms with E-state index in [9.17, 15) is 19.2 Å². The van der Waals surface area contributed by atoms with Crippen LogP contribution in [0.2, 0.25) is 5.02 Å². The summed E-state index contributed by atoms with van der Waals surface area (Å²) in [7, 11) is 0. The van der Waals surface area contributed by atoms with Crippen molar-refractivity contribution in [3.63, 3.8) is 0 Å². The van der Waals surface area contributed by atoms with Crippen molar-refractivity contribution in [3.8, 4) is 5.88 Å². The molecular formula is C32H47ClN4O7. The number of nitrogens with zero attached hydrogens (tertiary/aromatic N) is 2. The lowest BCUT2D eigenvalue weighted by Gasteiger charge is -2.37. The first-order valence-electron chi connectivity index (χ1n) is 15.2. The van der Waals surface area contributed by atoms with Gasteiger partial charge in [-0.25, -0.2) is 14.6 Å². The number of carbonyl (C=O) groups excluding carboxylic acids is 4. The SMILES string of the molecule is C=CCOC(=O)C1C[C@@H](Oc2ccc(Cl)cn2)CN1C(=O)C(NC(=O)[C@@H](NC(=O)OC(C)(C)C)C1CCCCC1)C(C)(C)C. The van der Waals surface area contributed by atoms with E-state index in [0.29, 0.717) is 10.9 Å². The number of hydrogen-bond acceptors (Lipinski definition) is 8. The first-order chi connectivity index (χ1) is 20.6. The third-order valence-corrected chi connectivity index (χ3v) is 7.85. The Morgan fingerprint density at radius 3 is 2.34 bits per heavy atom. The molecule has 2 fully saturated rings. The first kappa shape index (κ1) is 35.1. The van der Waals surface area contributed by atoms with Gasteiger partial charge in [0.05, 0.1) is 11.6 Å². The van der Waals surface area contributed by atoms with E-state index in [0.717, 1.165) is 32.1 Å². The summed E-state index contributed by atoms with van der Waals surface area (Å²) in [5.41, 5.74) is -1.49. The van der Waals surface area contributed by atoms with Crippen LogP contribution in [0.15, 0.2) is 31.0 Å². The molecule has 1 aromatic heterocycles. The van der Waals surface area contributed by atoms with Crippen molar-refractivity contribution in [2.75, 3.05) is 13.2 Å². The second kappa shape index (κ2) is 15.1. The Morgan fingerprint density at radius 2 is 1.77 bits per heavy atom. The number of ether oxygens (including phenoxy) is 3. The normalized spacial score (nSPS) is 20.7. The summed E-state index contributed by atoms with van der Waals surface area (Å²) in [5.74, 6) is -1.33. The minimum Gasteiger partial charge on any atom is -0.472 e. The van der Waals surface area contributed by atoms with Crippen molar-refractivity contribution in [2.24, 2.45) is 11.3 Å². The maximum atomic E-state index is 14.3. The molecule has 1 aliphatic carbocycles. The van der Waals surface area contributed by atoms with Gasteiger partial charge in [0, 0.05) is 18.7 Å². The molecule has 1 aromatic rings. The van der Waals surface area contributed by atoms with Gasteiger partial charge in [-0.3, -0.25) is 9.59 Å². The highest BCUT2D eigenvalue weighted by Gasteiger charge is 2.47. The molecule has 11 nitrogen and oxygen atoms in total. The Labute approximate surface area is 265 Å². The van der Waals surface area contributed by atoms with Gasteiger partial charge < -0.3 is 29.7 Å². The smallest absolute Gasteiger partial charge is 0.408 e. The minimum absolute atomic E-state index is 0.0134. The van der Waals surface area contributed by atoms with E-state index in [4.69, 9.17) is 25.8 Å². The van der Waals surface area contributed by atoms with E-state index in [1.807, 2.05) is 20.8 Å². The molecule has 2 unspecified atom stereocenters. The molecule has 0 spiro atoms. The second-order valence-corrected chi connectivity index (χ2v) is 14.0. The van der Waals surface area contributed by atoms with E-state index in [-0.39, 0.29) is 25.5 Å². The van der Waals surface area contributed by atoms with Crippen LogP contribution >= 0.6 is 11.6 Å². The quantitative estimate of drug-likeness (QED) is 0.276. The van der Waals surface area contributed by atoms with Crippen molar-refractivity contribution in [2.45, 2.75) is 110 Å². The Kier molecular flexibility index (Phi) is 12.1. The first-order valence-corrected chi connectivity index (χ1v) is 15.6. The zero-order chi connectivity index (χ0) is 32.7. The third kappa shape index (κ3) is 10.1. The molecule has 2 N–H and O–H groups in total. The molecule has 1 aliphatic heterocycles. The molecule has 244 valence electrons. The van der Waals surface area contributed by atoms with E-state index in [1.165, 1.54) is 17.2 Å². The van der Waals surface area contributed by atoms with Crippen LogP contribution in [0.1, 0.15) is 80.1 Å². The number of carbonyl (C=O) groups is 4. The lowest BCUT2D eigenvalue weighted by atomic mass is 9.82. The molecule has 1 saturated carbocycles. The molecule has 44 heavy (non-hydrogen) atoms. The van der Waals surface area contributed by atoms with Crippen LogP contribution in [-0.4, -0.2) is 76.7 Å². The molecule has 0 bridgehead atoms. The average Bonchev–Trinajstić information content (AvgIpc) is 3.37. The average molecular weight is 635 g/mol. The number of hydrogen-bond donors (Lipinski definition) is 2. The van der Waals surface area contributed by atoms with Crippen molar-refractivity contribution >= 4 is 35.5 Å². The minimum atomic E-state index is -1.02. The Balaban J connectivity index is 1.85. The molecular weight excluding hydrogens is 588 g/mol. The summed E-state index contributed by atoms with van der Waals surface area (Å²) >= 11 is 5.95. The maximum absolute atomic E-state index is 14.3. The summed E-state index contributed by atoms with van der Waals surface area (Å²) in [4.78, 5) is 59.6. The van der Waals surface area contributed by atoms with Gasteiger partial charge in [-0.2, -0.15) is 0 Å². The zero-order valence-corrected chi connectivity index (χ0v) is 27.4. The van der Waals surface area contributed by atoms with Crippen LogP contribution in [0.5, 0.6) is 5.88 Å². The van der Waals surface area contributed by atoms with Crippen molar-refractivity contribution in [1.29, 1.82) is 0 Å². The Hall–Kier alpha value is -3.34. The monoisotopic (exact) mass is 634 g/mol. The van der Waals surface area contributed by atoms with Gasteiger partial charge >= 0.3 is 12.1 Å². The van der Waals surface area contributed by atoms with Crippen LogP contribution < -0.4 is 15.4 Å². The van der Waals surface area contributed by atoms with Crippen LogP contribution in [0.4, 0.5) is 4.79 Å². The zero-order valence-electron chi connectivity index (χ0n) is 26.7. The molecule has 2 heterocycles. The summed E-state index contributed by atoms with van der Waals surface area (Å²) in [6, 6.07) is 0.386. The molecule has 12 heteroatoms. The molecule has 3 amide bonds. The van der Waals surface area contributed by atoms with Crippen LogP contribution in [0, 0.1) is 11.3 Å². The van der Waals surface area contributed by atoms with Gasteiger partial charge in [-0.1, -0.05) is 64.3 Å². The number of aromatic nitrogens is 1. The number of nitrogens with one attached hydrogen (secondary N) is 2. The standard InChI is InChI=1S/C32H47ClN4O7/c1-8-16-42-29(40)23-17-22(43-24-15-14-21(33)18-34-24)19-37(23)28(39)26(31(2,3)4)36-27(38)25(20-12-10-9-11-13-20)35-30(41)44-32(5,6)7/h8,14-15,18,20,22-23,25-26H,1,9-13,16-17,19H2,2-7H3,(H,35,41)(H,36,38)/t22-,23?,25+,26?/m1/s1. The topological polar surface area (TPSA) is 136 Å². The predicted molar refractivity (Wildman–Crippen MR) is 166 cm³/mol. The number of esters is 1. The second-order valence-electron chi connectivity index (χ2n) is 13.5. The number of likely N-dealkylation sites (tertiary alicyclic amines) is 1. The summed E-state index contributed by atoms with van der Waals surface area (Å²) in [5, 5.41) is 6.16. The van der Waals surface area contributed by atoms with Crippen LogP contribution in [-0.2, 0) is 23.9 Å². The maximum Gasteiger partial charge on any atom is 0.408 e. The molecule has 1 saturated heterocycles. The van der Waals surface area contributed by atoms with Crippen molar-refractivity contribution in [3.05, 3.63) is 36.0 Å². The number of alkyl carbamates (subject to hydrolysis) is 1. The fourth-order valence-electron chi connectivity index (χ4n) is 5.54. The Bertz CT molecular complexity index is 1170. The molecule has 0 radical (unpaired) electrons. The number of pyridine rings is 1. The molecule has 0 aromatic carbocycles. The third-order valence-electron chi connectivity index (χ3n) is 7.62. The van der Waals surface area contributed by atoms with Crippen LogP contribution in [0.3, 0.4) is 0 Å². The molecule has 2 aliphatic rings. The van der Waals surface area contributed by atoms with Crippen molar-refractivity contribution < 1.29 is 33.4 Å². The van der Waals surface area contributed by atoms with E-state index in [2.05, 4.69) is 22.2 Å². The number of rotatable bonds is 10. The van der Waals surface area contributed by atoms with E-state index in [1.54, 1.807) is 32.9 Å². The van der Waals surface area contributed by atoms with Gasteiger partial charge in [-0.05, 0) is 51.0 Å². The molecule has 3 rings (SSSR count). The van der Waals surface area contributed by atoms with Gasteiger partial charge in [-0.15, -0.1) is 0 Å². The Morgan fingerprint density at radius 1 is 1.09 bits per heavy atom. The number of amides is 3. The molecule has 4 atom stereocenters. The fourth-order valence-corrected chi connectivity index (χ4v) is 5.65. The summed E-state index contributed by atoms with van der Waals surface area (Å²) in [6.45, 7) is 14.4. The highest BCUT2D eigenvalue weighted by atomic mass is 35.5. The largest absolute Gasteiger partial charge is 0.472 e. The highest BCUT2D eigenvalue weighted by molar-refractivity contribution is 6.30. The van der Waals surface area contributed by atoms with Gasteiger partial charge in [0.25, 0.3) is 0 Å². The summed E-state index contributed by atoms with van der Waals surface area (Å²) < 4.78 is 16.8. The number of halogens is 1. The lowest BCUT2D eigenvalue weighted by molar-refractivity contribution is -0.154. The van der Waals surface area contributed by atoms with Gasteiger partial charge in [0.1, 0.15) is 36.4 Å². The highest BCUT2D eigenvalue weighted by Crippen LogP contribution is 2.30. The predicted octanol–water partition coefficient (Wildman–Crippen LogP) is 4.82. The van der Waals surface area contributed by atoms with E-state index < -0.39 is 59.1 Å². The van der Waals surface area contributed by atoms with Crippen molar-refractivity contribution in [1.82, 2.24) is 20.5 Å². The lowest BCUT2D eigenvalue weighted by Crippen LogP contribution is -2.61. The van der Waals surface area contributed by atoms with Gasteiger partial charge in [0.2, 0.25) is 17.7 Å². The van der Waals surface area contributed by atoms with Crippen LogP contribution in [0.25, 0.3) is 0 Å². The fraction of sp³-hybridized carbons (Fsp3) is 0.656.